The van der Waals surface area contributed by atoms with Gasteiger partial charge in [-0.2, -0.15) is 0 Å². The summed E-state index contributed by atoms with van der Waals surface area (Å²) in [5, 5.41) is 15.5. The van der Waals surface area contributed by atoms with E-state index < -0.39 is 17.9 Å². The van der Waals surface area contributed by atoms with Crippen LogP contribution in [0.2, 0.25) is 10.0 Å². The number of hydrogen-bond acceptors (Lipinski definition) is 3. The lowest BCUT2D eigenvalue weighted by atomic mass is 10.0. The molecule has 3 N–H and O–H groups in total. The van der Waals surface area contributed by atoms with E-state index in [1.807, 2.05) is 0 Å². The third-order valence-electron chi connectivity index (χ3n) is 3.80. The predicted octanol–water partition coefficient (Wildman–Crippen LogP) is 2.60. The lowest BCUT2D eigenvalue weighted by Gasteiger charge is -2.17. The highest BCUT2D eigenvalue weighted by Crippen LogP contribution is 2.27. The quantitative estimate of drug-likeness (QED) is 0.734. The number of aliphatic hydroxyl groups excluding tert-OH is 1. The van der Waals surface area contributed by atoms with Crippen molar-refractivity contribution in [1.82, 2.24) is 5.32 Å². The molecule has 120 valence electrons. The van der Waals surface area contributed by atoms with Crippen LogP contribution in [0.5, 0.6) is 0 Å². The Labute approximate surface area is 139 Å². The highest BCUT2D eigenvalue weighted by Gasteiger charge is 2.24. The molecule has 0 heterocycles. The van der Waals surface area contributed by atoms with Gasteiger partial charge in [0.05, 0.1) is 16.8 Å². The number of carbonyl (C=O) groups excluding carboxylic acids is 2. The first-order valence-electron chi connectivity index (χ1n) is 7.19. The smallest absolute Gasteiger partial charge is 0.313 e. The molecule has 1 unspecified atom stereocenters. The van der Waals surface area contributed by atoms with Crippen molar-refractivity contribution in [3.63, 3.8) is 0 Å². The van der Waals surface area contributed by atoms with Crippen LogP contribution in [0.1, 0.15) is 25.7 Å². The molecule has 0 spiro atoms. The summed E-state index contributed by atoms with van der Waals surface area (Å²) >= 11 is 11.7. The largest absolute Gasteiger partial charge is 0.391 e. The molecule has 22 heavy (non-hydrogen) atoms. The van der Waals surface area contributed by atoms with Crippen LogP contribution < -0.4 is 10.6 Å². The van der Waals surface area contributed by atoms with Crippen LogP contribution in [0.25, 0.3) is 0 Å². The van der Waals surface area contributed by atoms with E-state index in [0.29, 0.717) is 5.02 Å². The molecule has 1 aliphatic rings. The van der Waals surface area contributed by atoms with Crippen molar-refractivity contribution >= 4 is 40.7 Å². The van der Waals surface area contributed by atoms with Crippen LogP contribution in [0.4, 0.5) is 5.69 Å². The standard InChI is InChI=1S/C15H18Cl2N2O3/c16-10-5-6-11(17)12(7-10)19-15(22)14(21)18-8-13(20)9-3-1-2-4-9/h5-7,9,13,20H,1-4,8H2,(H,18,21)(H,19,22). The van der Waals surface area contributed by atoms with Crippen molar-refractivity contribution in [1.29, 1.82) is 0 Å². The minimum atomic E-state index is -0.845. The first kappa shape index (κ1) is 17.1. The maximum atomic E-state index is 11.8. The molecule has 1 aromatic carbocycles. The fourth-order valence-electron chi connectivity index (χ4n) is 2.56. The van der Waals surface area contributed by atoms with E-state index in [-0.39, 0.29) is 23.2 Å². The second-order valence-electron chi connectivity index (χ2n) is 5.40. The molecule has 7 heteroatoms. The number of anilines is 1. The Kier molecular flexibility index (Phi) is 6.06. The second kappa shape index (κ2) is 7.81. The van der Waals surface area contributed by atoms with Gasteiger partial charge in [-0.25, -0.2) is 0 Å². The van der Waals surface area contributed by atoms with Gasteiger partial charge >= 0.3 is 11.8 Å². The van der Waals surface area contributed by atoms with Crippen molar-refractivity contribution < 1.29 is 14.7 Å². The van der Waals surface area contributed by atoms with E-state index in [9.17, 15) is 14.7 Å². The van der Waals surface area contributed by atoms with Crippen molar-refractivity contribution in [3.8, 4) is 0 Å². The summed E-state index contributed by atoms with van der Waals surface area (Å²) in [5.41, 5.74) is 0.269. The SMILES string of the molecule is O=C(NCC(O)C1CCCC1)C(=O)Nc1cc(Cl)ccc1Cl. The van der Waals surface area contributed by atoms with Crippen LogP contribution in [0, 0.1) is 5.92 Å². The first-order valence-corrected chi connectivity index (χ1v) is 7.95. The van der Waals surface area contributed by atoms with Gasteiger partial charge in [0.2, 0.25) is 0 Å². The van der Waals surface area contributed by atoms with Gasteiger partial charge in [0.1, 0.15) is 0 Å². The monoisotopic (exact) mass is 344 g/mol. The number of aliphatic hydroxyl groups is 1. The zero-order valence-electron chi connectivity index (χ0n) is 11.9. The van der Waals surface area contributed by atoms with Gasteiger partial charge in [-0.3, -0.25) is 9.59 Å². The Balaban J connectivity index is 1.84. The molecule has 1 aliphatic carbocycles. The van der Waals surface area contributed by atoms with Crippen molar-refractivity contribution in [2.24, 2.45) is 5.92 Å². The van der Waals surface area contributed by atoms with Gasteiger partial charge in [0, 0.05) is 11.6 Å². The van der Waals surface area contributed by atoms with Gasteiger partial charge in [-0.05, 0) is 37.0 Å². The lowest BCUT2D eigenvalue weighted by molar-refractivity contribution is -0.136. The molecular weight excluding hydrogens is 327 g/mol. The maximum Gasteiger partial charge on any atom is 0.313 e. The fourth-order valence-corrected chi connectivity index (χ4v) is 2.90. The van der Waals surface area contributed by atoms with Crippen molar-refractivity contribution in [2.75, 3.05) is 11.9 Å². The van der Waals surface area contributed by atoms with E-state index in [2.05, 4.69) is 10.6 Å². The van der Waals surface area contributed by atoms with Gasteiger partial charge in [-0.1, -0.05) is 36.0 Å². The summed E-state index contributed by atoms with van der Waals surface area (Å²) in [6.45, 7) is 0.0696. The molecule has 0 radical (unpaired) electrons. The molecule has 0 aromatic heterocycles. The van der Waals surface area contributed by atoms with E-state index in [4.69, 9.17) is 23.2 Å². The first-order chi connectivity index (χ1) is 10.5. The average Bonchev–Trinajstić information content (AvgIpc) is 3.02. The molecule has 1 atom stereocenters. The summed E-state index contributed by atoms with van der Waals surface area (Å²) in [6.07, 6.45) is 3.50. The number of benzene rings is 1. The number of halogens is 2. The normalized spacial score (nSPS) is 16.3. The van der Waals surface area contributed by atoms with Crippen LogP contribution in [0.15, 0.2) is 18.2 Å². The summed E-state index contributed by atoms with van der Waals surface area (Å²) in [7, 11) is 0. The molecule has 0 bridgehead atoms. The summed E-state index contributed by atoms with van der Waals surface area (Å²) in [4.78, 5) is 23.6. The Morgan fingerprint density at radius 3 is 2.59 bits per heavy atom. The molecule has 1 fully saturated rings. The number of amides is 2. The summed E-state index contributed by atoms with van der Waals surface area (Å²) < 4.78 is 0. The zero-order chi connectivity index (χ0) is 16.1. The van der Waals surface area contributed by atoms with Gasteiger partial charge in [0.15, 0.2) is 0 Å². The highest BCUT2D eigenvalue weighted by molar-refractivity contribution is 6.42. The summed E-state index contributed by atoms with van der Waals surface area (Å²) in [6, 6.07) is 4.57. The van der Waals surface area contributed by atoms with Gasteiger partial charge in [-0.15, -0.1) is 0 Å². The molecule has 0 saturated heterocycles. The Hall–Kier alpha value is -1.30. The van der Waals surface area contributed by atoms with E-state index in [1.165, 1.54) is 12.1 Å². The summed E-state index contributed by atoms with van der Waals surface area (Å²) in [5.74, 6) is -1.46. The molecule has 2 rings (SSSR count). The lowest BCUT2D eigenvalue weighted by Crippen LogP contribution is -2.41. The van der Waals surface area contributed by atoms with E-state index in [1.54, 1.807) is 6.07 Å². The topological polar surface area (TPSA) is 78.4 Å². The predicted molar refractivity (Wildman–Crippen MR) is 86.1 cm³/mol. The molecule has 1 saturated carbocycles. The van der Waals surface area contributed by atoms with Crippen molar-refractivity contribution in [2.45, 2.75) is 31.8 Å². The number of carbonyl (C=O) groups is 2. The van der Waals surface area contributed by atoms with Crippen LogP contribution in [-0.4, -0.2) is 29.6 Å². The highest BCUT2D eigenvalue weighted by atomic mass is 35.5. The van der Waals surface area contributed by atoms with Gasteiger partial charge in [0.25, 0.3) is 0 Å². The third kappa shape index (κ3) is 4.60. The van der Waals surface area contributed by atoms with E-state index >= 15 is 0 Å². The number of rotatable bonds is 4. The molecule has 5 nitrogen and oxygen atoms in total. The number of hydrogen-bond donors (Lipinski definition) is 3. The van der Waals surface area contributed by atoms with Crippen LogP contribution in [-0.2, 0) is 9.59 Å². The minimum absolute atomic E-state index is 0.0696. The zero-order valence-corrected chi connectivity index (χ0v) is 13.5. The Bertz CT molecular complexity index is 560. The van der Waals surface area contributed by atoms with Crippen molar-refractivity contribution in [3.05, 3.63) is 28.2 Å². The number of nitrogens with one attached hydrogen (secondary N) is 2. The molecule has 2 amide bonds. The van der Waals surface area contributed by atoms with Gasteiger partial charge < -0.3 is 15.7 Å². The third-order valence-corrected chi connectivity index (χ3v) is 4.36. The molecule has 1 aromatic rings. The van der Waals surface area contributed by atoms with E-state index in [0.717, 1.165) is 25.7 Å². The van der Waals surface area contributed by atoms with Crippen LogP contribution >= 0.6 is 23.2 Å². The van der Waals surface area contributed by atoms with Crippen LogP contribution in [0.3, 0.4) is 0 Å². The fraction of sp³-hybridized carbons (Fsp3) is 0.467. The minimum Gasteiger partial charge on any atom is -0.391 e. The Morgan fingerprint density at radius 1 is 1.23 bits per heavy atom. The Morgan fingerprint density at radius 2 is 1.91 bits per heavy atom. The average molecular weight is 345 g/mol. The molecular formula is C15H18Cl2N2O3. The molecule has 0 aliphatic heterocycles. The second-order valence-corrected chi connectivity index (χ2v) is 6.24. The maximum absolute atomic E-state index is 11.8.